The zero-order valence-electron chi connectivity index (χ0n) is 14.7. The Morgan fingerprint density at radius 3 is 2.46 bits per heavy atom. The van der Waals surface area contributed by atoms with Crippen molar-refractivity contribution in [2.24, 2.45) is 0 Å². The molecule has 0 atom stereocenters. The van der Waals surface area contributed by atoms with Gasteiger partial charge in [0.15, 0.2) is 11.5 Å². The lowest BCUT2D eigenvalue weighted by Gasteiger charge is -2.13. The van der Waals surface area contributed by atoms with Crippen molar-refractivity contribution >= 4 is 5.91 Å². The van der Waals surface area contributed by atoms with Crippen molar-refractivity contribution in [1.29, 1.82) is 0 Å². The first-order chi connectivity index (χ1) is 12.7. The van der Waals surface area contributed by atoms with Gasteiger partial charge in [-0.25, -0.2) is 0 Å². The predicted molar refractivity (Wildman–Crippen MR) is 93.6 cm³/mol. The molecule has 26 heavy (non-hydrogen) atoms. The summed E-state index contributed by atoms with van der Waals surface area (Å²) in [7, 11) is 4.62. The number of methoxy groups -OCH3 is 3. The summed E-state index contributed by atoms with van der Waals surface area (Å²) in [5, 5.41) is 9.69. The summed E-state index contributed by atoms with van der Waals surface area (Å²) in [6, 6.07) is 8.73. The van der Waals surface area contributed by atoms with Gasteiger partial charge in [-0.1, -0.05) is 0 Å². The van der Waals surface area contributed by atoms with E-state index in [-0.39, 0.29) is 5.91 Å². The molecule has 0 aliphatic carbocycles. The summed E-state index contributed by atoms with van der Waals surface area (Å²) < 4.78 is 21.2. The molecule has 0 bridgehead atoms. The molecule has 1 aromatic carbocycles. The number of nitrogens with zero attached hydrogens (tertiary/aromatic N) is 1. The molecule has 8 heteroatoms. The summed E-state index contributed by atoms with van der Waals surface area (Å²) >= 11 is 0. The first-order valence-electron chi connectivity index (χ1n) is 7.82. The van der Waals surface area contributed by atoms with E-state index < -0.39 is 0 Å². The Kier molecular flexibility index (Phi) is 5.12. The second-order valence-corrected chi connectivity index (χ2v) is 5.34. The lowest BCUT2D eigenvalue weighted by Crippen LogP contribution is -2.22. The lowest BCUT2D eigenvalue weighted by molar-refractivity contribution is 0.0943. The molecule has 0 fully saturated rings. The third-order valence-corrected chi connectivity index (χ3v) is 3.79. The molecule has 8 nitrogen and oxygen atoms in total. The maximum absolute atomic E-state index is 12.2. The summed E-state index contributed by atoms with van der Waals surface area (Å²) in [5.41, 5.74) is 1.63. The number of nitrogens with one attached hydrogen (secondary N) is 2. The molecule has 0 spiro atoms. The quantitative estimate of drug-likeness (QED) is 0.674. The topological polar surface area (TPSA) is 98.6 Å². The van der Waals surface area contributed by atoms with Crippen LogP contribution in [0, 0.1) is 0 Å². The first-order valence-corrected chi connectivity index (χ1v) is 7.82. The standard InChI is InChI=1S/C18H19N3O5/c1-23-15-7-11(8-16(24-2)17(15)25-3)13-9-14(21-20-13)18(22)19-10-12-5-4-6-26-12/h4-9H,10H2,1-3H3,(H,19,22)(H,20,21). The van der Waals surface area contributed by atoms with Gasteiger partial charge in [0.25, 0.3) is 5.91 Å². The largest absolute Gasteiger partial charge is 0.493 e. The maximum atomic E-state index is 12.2. The van der Waals surface area contributed by atoms with Crippen LogP contribution in [0.2, 0.25) is 0 Å². The molecule has 1 amide bonds. The predicted octanol–water partition coefficient (Wildman–Crippen LogP) is 2.63. The van der Waals surface area contributed by atoms with Crippen molar-refractivity contribution in [2.75, 3.05) is 21.3 Å². The van der Waals surface area contributed by atoms with Crippen LogP contribution in [0.3, 0.4) is 0 Å². The maximum Gasteiger partial charge on any atom is 0.269 e. The van der Waals surface area contributed by atoms with Crippen LogP contribution in [0.5, 0.6) is 17.2 Å². The van der Waals surface area contributed by atoms with Crippen LogP contribution < -0.4 is 19.5 Å². The van der Waals surface area contributed by atoms with E-state index in [0.29, 0.717) is 40.9 Å². The number of amides is 1. The molecule has 0 aliphatic heterocycles. The van der Waals surface area contributed by atoms with Crippen LogP contribution in [-0.4, -0.2) is 37.4 Å². The van der Waals surface area contributed by atoms with Gasteiger partial charge in [0.2, 0.25) is 5.75 Å². The number of hydrogen-bond acceptors (Lipinski definition) is 6. The Bertz CT molecular complexity index is 861. The van der Waals surface area contributed by atoms with Crippen LogP contribution in [0.15, 0.2) is 41.0 Å². The second-order valence-electron chi connectivity index (χ2n) is 5.34. The van der Waals surface area contributed by atoms with Gasteiger partial charge in [-0.3, -0.25) is 9.89 Å². The molecular formula is C18H19N3O5. The Hall–Kier alpha value is -3.42. The van der Waals surface area contributed by atoms with E-state index in [2.05, 4.69) is 15.5 Å². The van der Waals surface area contributed by atoms with Crippen LogP contribution >= 0.6 is 0 Å². The molecule has 136 valence electrons. The SMILES string of the molecule is COc1cc(-c2cc(C(=O)NCc3ccco3)[nH]n2)cc(OC)c1OC. The van der Waals surface area contributed by atoms with Gasteiger partial charge in [-0.2, -0.15) is 5.10 Å². The van der Waals surface area contributed by atoms with Crippen molar-refractivity contribution in [3.05, 3.63) is 48.0 Å². The van der Waals surface area contributed by atoms with Crippen LogP contribution in [0.25, 0.3) is 11.3 Å². The first kappa shape index (κ1) is 17.4. The average molecular weight is 357 g/mol. The Morgan fingerprint density at radius 2 is 1.88 bits per heavy atom. The summed E-state index contributed by atoms with van der Waals surface area (Å²) in [6.07, 6.45) is 1.56. The number of aromatic nitrogens is 2. The molecule has 0 radical (unpaired) electrons. The van der Waals surface area contributed by atoms with E-state index in [1.165, 1.54) is 7.11 Å². The van der Waals surface area contributed by atoms with Gasteiger partial charge in [-0.05, 0) is 30.3 Å². The minimum atomic E-state index is -0.285. The van der Waals surface area contributed by atoms with E-state index in [1.807, 2.05) is 0 Å². The highest BCUT2D eigenvalue weighted by Gasteiger charge is 2.17. The van der Waals surface area contributed by atoms with Gasteiger partial charge < -0.3 is 23.9 Å². The Balaban J connectivity index is 1.81. The summed E-state index contributed by atoms with van der Waals surface area (Å²) in [5.74, 6) is 1.89. The van der Waals surface area contributed by atoms with Crippen molar-refractivity contribution < 1.29 is 23.4 Å². The molecule has 3 rings (SSSR count). The van der Waals surface area contributed by atoms with Gasteiger partial charge >= 0.3 is 0 Å². The molecule has 0 saturated heterocycles. The molecule has 2 heterocycles. The third-order valence-electron chi connectivity index (χ3n) is 3.79. The van der Waals surface area contributed by atoms with Crippen molar-refractivity contribution in [2.45, 2.75) is 6.54 Å². The number of benzene rings is 1. The van der Waals surface area contributed by atoms with Gasteiger partial charge in [-0.15, -0.1) is 0 Å². The zero-order chi connectivity index (χ0) is 18.5. The monoisotopic (exact) mass is 357 g/mol. The van der Waals surface area contributed by atoms with E-state index in [9.17, 15) is 4.79 Å². The molecule has 3 aromatic rings. The molecule has 2 N–H and O–H groups in total. The molecule has 0 aliphatic rings. The molecule has 0 unspecified atom stereocenters. The smallest absolute Gasteiger partial charge is 0.269 e. The minimum absolute atomic E-state index is 0.285. The number of aromatic amines is 1. The fourth-order valence-electron chi connectivity index (χ4n) is 2.49. The number of ether oxygens (including phenoxy) is 3. The second kappa shape index (κ2) is 7.64. The number of H-pyrrole nitrogens is 1. The highest BCUT2D eigenvalue weighted by molar-refractivity contribution is 5.93. The number of furan rings is 1. The van der Waals surface area contributed by atoms with Crippen molar-refractivity contribution in [1.82, 2.24) is 15.5 Å². The number of carbonyl (C=O) groups excluding carboxylic acids is 1. The average Bonchev–Trinajstić information content (AvgIpc) is 3.36. The van der Waals surface area contributed by atoms with Crippen molar-refractivity contribution in [3.63, 3.8) is 0 Å². The van der Waals surface area contributed by atoms with Gasteiger partial charge in [0, 0.05) is 5.56 Å². The van der Waals surface area contributed by atoms with Crippen molar-refractivity contribution in [3.8, 4) is 28.5 Å². The van der Waals surface area contributed by atoms with E-state index in [1.54, 1.807) is 50.8 Å². The third kappa shape index (κ3) is 3.49. The highest BCUT2D eigenvalue weighted by Crippen LogP contribution is 2.40. The van der Waals surface area contributed by atoms with Crippen LogP contribution in [0.4, 0.5) is 0 Å². The lowest BCUT2D eigenvalue weighted by atomic mass is 10.1. The summed E-state index contributed by atoms with van der Waals surface area (Å²) in [4.78, 5) is 12.2. The van der Waals surface area contributed by atoms with E-state index in [4.69, 9.17) is 18.6 Å². The highest BCUT2D eigenvalue weighted by atomic mass is 16.5. The van der Waals surface area contributed by atoms with E-state index >= 15 is 0 Å². The van der Waals surface area contributed by atoms with Gasteiger partial charge in [0.05, 0.1) is 39.8 Å². The number of rotatable bonds is 7. The van der Waals surface area contributed by atoms with E-state index in [0.717, 1.165) is 5.56 Å². The molecule has 2 aromatic heterocycles. The molecular weight excluding hydrogens is 338 g/mol. The fraction of sp³-hybridized carbons (Fsp3) is 0.222. The normalized spacial score (nSPS) is 10.4. The zero-order valence-corrected chi connectivity index (χ0v) is 14.7. The number of carbonyl (C=O) groups is 1. The van der Waals surface area contributed by atoms with Crippen LogP contribution in [0.1, 0.15) is 16.2 Å². The summed E-state index contributed by atoms with van der Waals surface area (Å²) in [6.45, 7) is 0.296. The van der Waals surface area contributed by atoms with Crippen LogP contribution in [-0.2, 0) is 6.54 Å². The van der Waals surface area contributed by atoms with Gasteiger partial charge in [0.1, 0.15) is 11.5 Å². The Morgan fingerprint density at radius 1 is 1.15 bits per heavy atom. The fourth-order valence-corrected chi connectivity index (χ4v) is 2.49. The Labute approximate surface area is 150 Å². The molecule has 0 saturated carbocycles. The minimum Gasteiger partial charge on any atom is -0.493 e. The number of hydrogen-bond donors (Lipinski definition) is 2.